The number of benzene rings is 1. The van der Waals surface area contributed by atoms with Crippen LogP contribution in [-0.4, -0.2) is 6.04 Å². The van der Waals surface area contributed by atoms with Gasteiger partial charge in [-0.3, -0.25) is 0 Å². The number of hydrogen-bond donors (Lipinski definition) is 1. The number of hydrogen-bond acceptors (Lipinski definition) is 1. The van der Waals surface area contributed by atoms with Crippen molar-refractivity contribution in [2.24, 2.45) is 16.7 Å². The van der Waals surface area contributed by atoms with Crippen LogP contribution in [0.1, 0.15) is 64.1 Å². The number of fused-ring (bicyclic) bond motifs is 2. The molecule has 1 heteroatoms. The monoisotopic (exact) mass is 271 g/mol. The third-order valence-corrected chi connectivity index (χ3v) is 6.34. The molecule has 1 nitrogen and oxygen atoms in total. The van der Waals surface area contributed by atoms with Crippen molar-refractivity contribution in [1.29, 1.82) is 0 Å². The molecule has 0 heterocycles. The Labute approximate surface area is 124 Å². The maximum Gasteiger partial charge on any atom is 0.0297 e. The maximum absolute atomic E-state index is 4.00. The van der Waals surface area contributed by atoms with Crippen LogP contribution in [0.15, 0.2) is 24.3 Å². The van der Waals surface area contributed by atoms with E-state index in [1.165, 1.54) is 30.4 Å². The lowest BCUT2D eigenvalue weighted by Gasteiger charge is -2.45. The molecule has 0 aromatic heterocycles. The molecular weight excluding hydrogens is 242 g/mol. The third kappa shape index (κ3) is 2.02. The summed E-state index contributed by atoms with van der Waals surface area (Å²) in [6.07, 6.45) is 4.25. The van der Waals surface area contributed by atoms with Gasteiger partial charge in [-0.05, 0) is 61.0 Å². The van der Waals surface area contributed by atoms with Gasteiger partial charge in [0.25, 0.3) is 0 Å². The highest BCUT2D eigenvalue weighted by molar-refractivity contribution is 5.29. The van der Waals surface area contributed by atoms with E-state index in [1.807, 2.05) is 0 Å². The highest BCUT2D eigenvalue weighted by Crippen LogP contribution is 2.62. The summed E-state index contributed by atoms with van der Waals surface area (Å²) < 4.78 is 0. The Morgan fingerprint density at radius 2 is 1.90 bits per heavy atom. The van der Waals surface area contributed by atoms with E-state index in [0.717, 1.165) is 5.92 Å². The van der Waals surface area contributed by atoms with Crippen LogP contribution in [0.25, 0.3) is 0 Å². The van der Waals surface area contributed by atoms with Crippen LogP contribution >= 0.6 is 0 Å². The van der Waals surface area contributed by atoms with Gasteiger partial charge in [0.2, 0.25) is 0 Å². The number of nitrogens with one attached hydrogen (secondary N) is 1. The first kappa shape index (κ1) is 14.1. The molecule has 2 saturated carbocycles. The first-order chi connectivity index (χ1) is 9.34. The van der Waals surface area contributed by atoms with E-state index in [9.17, 15) is 0 Å². The molecule has 4 atom stereocenters. The topological polar surface area (TPSA) is 12.0 Å². The molecule has 0 spiro atoms. The molecule has 1 unspecified atom stereocenters. The lowest BCUT2D eigenvalue weighted by Crippen LogP contribution is -2.51. The molecule has 110 valence electrons. The molecule has 2 bridgehead atoms. The fourth-order valence-corrected chi connectivity index (χ4v) is 5.13. The zero-order valence-electron chi connectivity index (χ0n) is 13.7. The van der Waals surface area contributed by atoms with Crippen LogP contribution in [0.4, 0.5) is 0 Å². The zero-order valence-corrected chi connectivity index (χ0v) is 13.7. The van der Waals surface area contributed by atoms with Crippen molar-refractivity contribution < 1.29 is 0 Å². The minimum atomic E-state index is 0.434. The van der Waals surface area contributed by atoms with Crippen molar-refractivity contribution in [2.45, 2.75) is 66.0 Å². The van der Waals surface area contributed by atoms with Crippen molar-refractivity contribution in [3.05, 3.63) is 35.4 Å². The third-order valence-electron chi connectivity index (χ3n) is 6.34. The molecule has 0 saturated heterocycles. The molecule has 1 aromatic rings. The summed E-state index contributed by atoms with van der Waals surface area (Å²) in [4.78, 5) is 0. The normalized spacial score (nSPS) is 36.2. The molecule has 3 rings (SSSR count). The average Bonchev–Trinajstić information content (AvgIpc) is 2.86. The summed E-state index contributed by atoms with van der Waals surface area (Å²) in [5, 5.41) is 4.00. The van der Waals surface area contributed by atoms with Crippen molar-refractivity contribution in [1.82, 2.24) is 5.32 Å². The number of aryl methyl sites for hydroxylation is 1. The molecule has 1 aromatic carbocycles. The van der Waals surface area contributed by atoms with E-state index < -0.39 is 0 Å². The molecule has 1 N–H and O–H groups in total. The molecule has 0 radical (unpaired) electrons. The molecule has 2 fully saturated rings. The fraction of sp³-hybridized carbons (Fsp3) is 0.684. The Morgan fingerprint density at radius 3 is 2.50 bits per heavy atom. The molecule has 20 heavy (non-hydrogen) atoms. The molecule has 0 amide bonds. The largest absolute Gasteiger partial charge is 0.306 e. The highest BCUT2D eigenvalue weighted by atomic mass is 15.0. The van der Waals surface area contributed by atoms with E-state index in [4.69, 9.17) is 0 Å². The fourth-order valence-electron chi connectivity index (χ4n) is 5.13. The Kier molecular flexibility index (Phi) is 3.25. The van der Waals surface area contributed by atoms with Crippen LogP contribution in [0.3, 0.4) is 0 Å². The van der Waals surface area contributed by atoms with Crippen molar-refractivity contribution in [3.8, 4) is 0 Å². The Morgan fingerprint density at radius 1 is 1.20 bits per heavy atom. The minimum Gasteiger partial charge on any atom is -0.306 e. The van der Waals surface area contributed by atoms with E-state index >= 15 is 0 Å². The standard InChI is InChI=1S/C19H29N/c1-13-8-6-7-9-16(13)14(2)20-17-18(3,4)15-10-11-19(17,5)12-15/h6-9,14-15,17,20H,10-12H2,1-5H3/t14-,15-,17?,19+/m0/s1. The summed E-state index contributed by atoms with van der Waals surface area (Å²) in [6, 6.07) is 9.87. The van der Waals surface area contributed by atoms with Gasteiger partial charge in [0.1, 0.15) is 0 Å². The van der Waals surface area contributed by atoms with E-state index in [1.54, 1.807) is 0 Å². The second kappa shape index (κ2) is 4.59. The van der Waals surface area contributed by atoms with Gasteiger partial charge in [-0.1, -0.05) is 45.0 Å². The molecule has 2 aliphatic carbocycles. The summed E-state index contributed by atoms with van der Waals surface area (Å²) >= 11 is 0. The first-order valence-corrected chi connectivity index (χ1v) is 8.16. The second-order valence-electron chi connectivity index (χ2n) is 8.09. The van der Waals surface area contributed by atoms with Crippen LogP contribution in [0.2, 0.25) is 0 Å². The van der Waals surface area contributed by atoms with Gasteiger partial charge in [0.05, 0.1) is 0 Å². The maximum atomic E-state index is 4.00. The summed E-state index contributed by atoms with van der Waals surface area (Å²) in [5.74, 6) is 0.911. The molecular formula is C19H29N. The molecule has 0 aliphatic heterocycles. The lowest BCUT2D eigenvalue weighted by molar-refractivity contribution is 0.100. The van der Waals surface area contributed by atoms with Crippen LogP contribution in [0.5, 0.6) is 0 Å². The summed E-state index contributed by atoms with van der Waals surface area (Å²) in [6.45, 7) is 12.0. The Hall–Kier alpha value is -0.820. The smallest absolute Gasteiger partial charge is 0.0297 e. The van der Waals surface area contributed by atoms with Gasteiger partial charge in [-0.25, -0.2) is 0 Å². The zero-order chi connectivity index (χ0) is 14.5. The van der Waals surface area contributed by atoms with Gasteiger partial charge in [0, 0.05) is 12.1 Å². The van der Waals surface area contributed by atoms with Gasteiger partial charge < -0.3 is 5.32 Å². The van der Waals surface area contributed by atoms with E-state index in [-0.39, 0.29) is 0 Å². The number of rotatable bonds is 3. The average molecular weight is 271 g/mol. The van der Waals surface area contributed by atoms with Gasteiger partial charge in [-0.15, -0.1) is 0 Å². The first-order valence-electron chi connectivity index (χ1n) is 8.16. The minimum absolute atomic E-state index is 0.434. The Balaban J connectivity index is 1.83. The van der Waals surface area contributed by atoms with E-state index in [0.29, 0.717) is 22.9 Å². The van der Waals surface area contributed by atoms with Crippen molar-refractivity contribution in [3.63, 3.8) is 0 Å². The lowest BCUT2D eigenvalue weighted by atomic mass is 9.68. The summed E-state index contributed by atoms with van der Waals surface area (Å²) in [5.41, 5.74) is 3.79. The van der Waals surface area contributed by atoms with Gasteiger partial charge in [-0.2, -0.15) is 0 Å². The van der Waals surface area contributed by atoms with Crippen LogP contribution < -0.4 is 5.32 Å². The molecule has 2 aliphatic rings. The quantitative estimate of drug-likeness (QED) is 0.827. The van der Waals surface area contributed by atoms with Crippen LogP contribution in [0, 0.1) is 23.7 Å². The van der Waals surface area contributed by atoms with Crippen LogP contribution in [-0.2, 0) is 0 Å². The Bertz CT molecular complexity index is 499. The second-order valence-corrected chi connectivity index (χ2v) is 8.09. The highest BCUT2D eigenvalue weighted by Gasteiger charge is 2.59. The van der Waals surface area contributed by atoms with E-state index in [2.05, 4.69) is 64.2 Å². The summed E-state index contributed by atoms with van der Waals surface area (Å²) in [7, 11) is 0. The predicted molar refractivity (Wildman–Crippen MR) is 85.7 cm³/mol. The van der Waals surface area contributed by atoms with Crippen molar-refractivity contribution >= 4 is 0 Å². The van der Waals surface area contributed by atoms with Gasteiger partial charge >= 0.3 is 0 Å². The van der Waals surface area contributed by atoms with Gasteiger partial charge in [0.15, 0.2) is 0 Å². The SMILES string of the molecule is Cc1ccccc1[C@H](C)NC1C(C)(C)[C@H]2CC[C@]1(C)C2. The predicted octanol–water partition coefficient (Wildman–Crippen LogP) is 4.86. The van der Waals surface area contributed by atoms with Crippen molar-refractivity contribution in [2.75, 3.05) is 0 Å².